The number of nitro groups is 1. The third-order valence-electron chi connectivity index (χ3n) is 2.23. The monoisotopic (exact) mass is 290 g/mol. The van der Waals surface area contributed by atoms with Gasteiger partial charge in [-0.1, -0.05) is 0 Å². The lowest BCUT2D eigenvalue weighted by atomic mass is 10.1. The molecule has 6 nitrogen and oxygen atoms in total. The van der Waals surface area contributed by atoms with Crippen molar-refractivity contribution in [2.45, 2.75) is 5.38 Å². The van der Waals surface area contributed by atoms with Crippen LogP contribution in [0.3, 0.4) is 0 Å². The fourth-order valence-electron chi connectivity index (χ4n) is 1.39. The van der Waals surface area contributed by atoms with Gasteiger partial charge in [-0.15, -0.1) is 11.6 Å². The molecule has 1 aromatic carbocycles. The van der Waals surface area contributed by atoms with E-state index in [-0.39, 0.29) is 18.7 Å². The number of alkyl halides is 1. The van der Waals surface area contributed by atoms with E-state index in [4.69, 9.17) is 16.3 Å². The maximum Gasteiger partial charge on any atom is 0.282 e. The zero-order valence-corrected chi connectivity index (χ0v) is 10.8. The van der Waals surface area contributed by atoms with Gasteiger partial charge in [0.05, 0.1) is 16.9 Å². The highest BCUT2D eigenvalue weighted by molar-refractivity contribution is 6.21. The maximum absolute atomic E-state index is 13.0. The van der Waals surface area contributed by atoms with Gasteiger partial charge in [-0.2, -0.15) is 0 Å². The van der Waals surface area contributed by atoms with E-state index in [2.05, 4.69) is 5.32 Å². The Balaban J connectivity index is 2.81. The highest BCUT2D eigenvalue weighted by atomic mass is 35.5. The van der Waals surface area contributed by atoms with Crippen molar-refractivity contribution in [3.63, 3.8) is 0 Å². The molecule has 1 amide bonds. The predicted molar refractivity (Wildman–Crippen MR) is 66.9 cm³/mol. The van der Waals surface area contributed by atoms with Crippen molar-refractivity contribution in [1.82, 2.24) is 5.32 Å². The normalized spacial score (nSPS) is 11.9. The molecule has 0 saturated heterocycles. The number of rotatable bonds is 6. The average molecular weight is 291 g/mol. The second-order valence-corrected chi connectivity index (χ2v) is 4.30. The number of benzene rings is 1. The van der Waals surface area contributed by atoms with Crippen LogP contribution in [0.5, 0.6) is 0 Å². The Labute approximate surface area is 113 Å². The molecule has 8 heteroatoms. The van der Waals surface area contributed by atoms with Crippen LogP contribution in [-0.4, -0.2) is 36.5 Å². The van der Waals surface area contributed by atoms with Crippen LogP contribution in [0.15, 0.2) is 18.2 Å². The summed E-state index contributed by atoms with van der Waals surface area (Å²) in [6.45, 7) is 0.273. The third kappa shape index (κ3) is 4.46. The molecule has 0 fully saturated rings. The van der Waals surface area contributed by atoms with Gasteiger partial charge >= 0.3 is 0 Å². The lowest BCUT2D eigenvalue weighted by Crippen LogP contribution is -2.32. The number of methoxy groups -OCH3 is 1. The highest BCUT2D eigenvalue weighted by Crippen LogP contribution is 2.19. The Bertz CT molecular complexity index is 484. The molecule has 1 atom stereocenters. The van der Waals surface area contributed by atoms with E-state index in [1.807, 2.05) is 0 Å². The van der Waals surface area contributed by atoms with Gasteiger partial charge in [0, 0.05) is 19.7 Å². The summed E-state index contributed by atoms with van der Waals surface area (Å²) in [6.07, 6.45) is 0. The summed E-state index contributed by atoms with van der Waals surface area (Å²) >= 11 is 5.80. The van der Waals surface area contributed by atoms with Crippen molar-refractivity contribution in [2.75, 3.05) is 20.3 Å². The van der Waals surface area contributed by atoms with Gasteiger partial charge in [0.15, 0.2) is 0 Å². The zero-order chi connectivity index (χ0) is 14.4. The van der Waals surface area contributed by atoms with E-state index < -0.39 is 27.7 Å². The molecule has 0 aliphatic carbocycles. The average Bonchev–Trinajstić information content (AvgIpc) is 2.35. The molecule has 0 aromatic heterocycles. The Morgan fingerprint density at radius 2 is 2.32 bits per heavy atom. The summed E-state index contributed by atoms with van der Waals surface area (Å²) in [5.41, 5.74) is -0.803. The quantitative estimate of drug-likeness (QED) is 0.491. The van der Waals surface area contributed by atoms with Crippen LogP contribution in [0.2, 0.25) is 0 Å². The number of carbonyl (C=O) groups excluding carboxylic acids is 1. The predicted octanol–water partition coefficient (Wildman–Crippen LogP) is 1.72. The van der Waals surface area contributed by atoms with Crippen LogP contribution >= 0.6 is 11.6 Å². The molecule has 1 rings (SSSR count). The smallest absolute Gasteiger partial charge is 0.282 e. The summed E-state index contributed by atoms with van der Waals surface area (Å²) in [4.78, 5) is 21.7. The second-order valence-electron chi connectivity index (χ2n) is 3.68. The van der Waals surface area contributed by atoms with Crippen molar-refractivity contribution < 1.29 is 18.8 Å². The molecule has 1 N–H and O–H groups in total. The maximum atomic E-state index is 13.0. The van der Waals surface area contributed by atoms with E-state index in [0.29, 0.717) is 0 Å². The van der Waals surface area contributed by atoms with E-state index in [1.54, 1.807) is 0 Å². The molecule has 0 radical (unpaired) electrons. The number of halogens is 2. The Morgan fingerprint density at radius 3 is 2.89 bits per heavy atom. The minimum Gasteiger partial charge on any atom is -0.383 e. The Hall–Kier alpha value is -1.73. The SMILES string of the molecule is COCC(Cl)CNC(=O)c1cc(F)ccc1[N+](=O)[O-]. The van der Waals surface area contributed by atoms with Crippen molar-refractivity contribution in [3.05, 3.63) is 39.7 Å². The molecular formula is C11H12ClFN2O4. The van der Waals surface area contributed by atoms with Gasteiger partial charge in [-0.3, -0.25) is 14.9 Å². The number of ether oxygens (including phenoxy) is 1. The summed E-state index contributed by atoms with van der Waals surface area (Å²) in [7, 11) is 1.45. The van der Waals surface area contributed by atoms with Gasteiger partial charge in [0.25, 0.3) is 11.6 Å². The van der Waals surface area contributed by atoms with Crippen LogP contribution < -0.4 is 5.32 Å². The third-order valence-corrected chi connectivity index (χ3v) is 2.51. The van der Waals surface area contributed by atoms with Crippen LogP contribution in [0.25, 0.3) is 0 Å². The van der Waals surface area contributed by atoms with Crippen LogP contribution in [0.4, 0.5) is 10.1 Å². The van der Waals surface area contributed by atoms with Crippen LogP contribution in [0, 0.1) is 15.9 Å². The fourth-order valence-corrected chi connectivity index (χ4v) is 1.59. The molecule has 0 spiro atoms. The topological polar surface area (TPSA) is 81.5 Å². The van der Waals surface area contributed by atoms with Gasteiger partial charge in [0.2, 0.25) is 0 Å². The first-order chi connectivity index (χ1) is 8.95. The summed E-state index contributed by atoms with van der Waals surface area (Å²) in [5.74, 6) is -1.48. The van der Waals surface area contributed by atoms with Gasteiger partial charge < -0.3 is 10.1 Å². The number of nitrogens with one attached hydrogen (secondary N) is 1. The number of amides is 1. The number of nitro benzene ring substituents is 1. The fraction of sp³-hybridized carbons (Fsp3) is 0.364. The van der Waals surface area contributed by atoms with Gasteiger partial charge in [0.1, 0.15) is 11.4 Å². The summed E-state index contributed by atoms with van der Waals surface area (Å²) in [6, 6.07) is 2.68. The minimum atomic E-state index is -0.757. The first-order valence-corrected chi connectivity index (χ1v) is 5.74. The van der Waals surface area contributed by atoms with E-state index >= 15 is 0 Å². The zero-order valence-electron chi connectivity index (χ0n) is 10.1. The van der Waals surface area contributed by atoms with Crippen molar-refractivity contribution in [3.8, 4) is 0 Å². The lowest BCUT2D eigenvalue weighted by molar-refractivity contribution is -0.385. The van der Waals surface area contributed by atoms with E-state index in [0.717, 1.165) is 18.2 Å². The molecule has 104 valence electrons. The molecular weight excluding hydrogens is 279 g/mol. The largest absolute Gasteiger partial charge is 0.383 e. The number of hydrogen-bond donors (Lipinski definition) is 1. The lowest BCUT2D eigenvalue weighted by Gasteiger charge is -2.10. The molecule has 0 bridgehead atoms. The Kier molecular flexibility index (Phi) is 5.65. The van der Waals surface area contributed by atoms with E-state index in [1.165, 1.54) is 7.11 Å². The number of carbonyl (C=O) groups is 1. The van der Waals surface area contributed by atoms with E-state index in [9.17, 15) is 19.3 Å². The molecule has 0 aliphatic heterocycles. The van der Waals surface area contributed by atoms with Crippen LogP contribution in [0.1, 0.15) is 10.4 Å². The second kappa shape index (κ2) is 7.01. The standard InChI is InChI=1S/C11H12ClFN2O4/c1-19-6-7(12)5-14-11(16)9-4-8(13)2-3-10(9)15(17)18/h2-4,7H,5-6H2,1H3,(H,14,16). The van der Waals surface area contributed by atoms with Crippen molar-refractivity contribution >= 4 is 23.2 Å². The summed E-state index contributed by atoms with van der Waals surface area (Å²) in [5, 5.41) is 12.6. The summed E-state index contributed by atoms with van der Waals surface area (Å²) < 4.78 is 17.8. The Morgan fingerprint density at radius 1 is 1.63 bits per heavy atom. The number of hydrogen-bond acceptors (Lipinski definition) is 4. The molecule has 1 unspecified atom stereocenters. The van der Waals surface area contributed by atoms with Gasteiger partial charge in [-0.05, 0) is 12.1 Å². The molecule has 0 saturated carbocycles. The first kappa shape index (κ1) is 15.3. The van der Waals surface area contributed by atoms with Crippen molar-refractivity contribution in [2.24, 2.45) is 0 Å². The number of nitrogens with zero attached hydrogens (tertiary/aromatic N) is 1. The molecule has 0 heterocycles. The van der Waals surface area contributed by atoms with Crippen LogP contribution in [-0.2, 0) is 4.74 Å². The minimum absolute atomic E-state index is 0.0574. The first-order valence-electron chi connectivity index (χ1n) is 5.31. The highest BCUT2D eigenvalue weighted by Gasteiger charge is 2.21. The molecule has 19 heavy (non-hydrogen) atoms. The molecule has 0 aliphatic rings. The van der Waals surface area contributed by atoms with Gasteiger partial charge in [-0.25, -0.2) is 4.39 Å². The molecule has 1 aromatic rings. The van der Waals surface area contributed by atoms with Crippen molar-refractivity contribution in [1.29, 1.82) is 0 Å².